The smallest absolute Gasteiger partial charge is 0.273 e. The fourth-order valence-corrected chi connectivity index (χ4v) is 4.60. The molecule has 0 bridgehead atoms. The van der Waals surface area contributed by atoms with Gasteiger partial charge in [0, 0.05) is 5.56 Å². The van der Waals surface area contributed by atoms with Gasteiger partial charge in [-0.25, -0.2) is 13.4 Å². The molecule has 0 saturated heterocycles. The van der Waals surface area contributed by atoms with E-state index in [4.69, 9.17) is 11.6 Å². The van der Waals surface area contributed by atoms with Crippen molar-refractivity contribution in [1.29, 1.82) is 0 Å². The highest BCUT2D eigenvalue weighted by atomic mass is 35.5. The van der Waals surface area contributed by atoms with Gasteiger partial charge in [-0.3, -0.25) is 4.72 Å². The molecule has 1 heterocycles. The van der Waals surface area contributed by atoms with Crippen molar-refractivity contribution in [3.05, 3.63) is 33.4 Å². The summed E-state index contributed by atoms with van der Waals surface area (Å²) < 4.78 is 27.3. The summed E-state index contributed by atoms with van der Waals surface area (Å²) in [6, 6.07) is 3.26. The summed E-state index contributed by atoms with van der Waals surface area (Å²) in [6.45, 7) is 4.97. The van der Waals surface area contributed by atoms with E-state index < -0.39 is 10.0 Å². The number of benzene rings is 1. The van der Waals surface area contributed by atoms with Gasteiger partial charge in [-0.1, -0.05) is 29.0 Å². The molecule has 2 aromatic rings. The van der Waals surface area contributed by atoms with Crippen molar-refractivity contribution in [1.82, 2.24) is 4.98 Å². The van der Waals surface area contributed by atoms with E-state index in [1.807, 2.05) is 0 Å². The van der Waals surface area contributed by atoms with E-state index >= 15 is 0 Å². The molecular weight excluding hydrogens is 320 g/mol. The Labute approximate surface area is 126 Å². The quantitative estimate of drug-likeness (QED) is 0.904. The first kappa shape index (κ1) is 15.1. The fourth-order valence-electron chi connectivity index (χ4n) is 1.74. The van der Waals surface area contributed by atoms with Gasteiger partial charge in [0.2, 0.25) is 0 Å². The normalized spacial score (nSPS) is 11.6. The molecule has 2 rings (SSSR count). The molecule has 0 amide bonds. The molecule has 0 spiro atoms. The zero-order valence-corrected chi connectivity index (χ0v) is 13.4. The van der Waals surface area contributed by atoms with Gasteiger partial charge < -0.3 is 5.11 Å². The van der Waals surface area contributed by atoms with Crippen LogP contribution in [0.15, 0.2) is 16.3 Å². The van der Waals surface area contributed by atoms with Crippen LogP contribution in [0.2, 0.25) is 4.47 Å². The summed E-state index contributed by atoms with van der Waals surface area (Å²) in [6.07, 6.45) is 0. The number of anilines is 1. The van der Waals surface area contributed by atoms with Crippen LogP contribution >= 0.6 is 22.9 Å². The molecule has 0 unspecified atom stereocenters. The first-order valence-corrected chi connectivity index (χ1v) is 8.35. The number of rotatable bonds is 3. The molecular formula is C12H13ClN2O3S2. The van der Waals surface area contributed by atoms with Crippen LogP contribution in [0, 0.1) is 20.8 Å². The van der Waals surface area contributed by atoms with E-state index in [2.05, 4.69) is 9.71 Å². The molecule has 0 aliphatic rings. The van der Waals surface area contributed by atoms with Crippen LogP contribution in [-0.4, -0.2) is 18.5 Å². The number of aromatic nitrogens is 1. The Morgan fingerprint density at radius 1 is 1.30 bits per heavy atom. The van der Waals surface area contributed by atoms with Gasteiger partial charge in [-0.2, -0.15) is 0 Å². The minimum absolute atomic E-state index is 0.0713. The molecule has 20 heavy (non-hydrogen) atoms. The average molecular weight is 333 g/mol. The van der Waals surface area contributed by atoms with Crippen LogP contribution in [0.5, 0.6) is 5.75 Å². The Hall–Kier alpha value is -1.31. The molecule has 0 aliphatic carbocycles. The lowest BCUT2D eigenvalue weighted by atomic mass is 10.1. The first-order valence-electron chi connectivity index (χ1n) is 5.67. The van der Waals surface area contributed by atoms with Gasteiger partial charge in [-0.15, -0.1) is 0 Å². The molecule has 0 aliphatic heterocycles. The lowest BCUT2D eigenvalue weighted by molar-refractivity contribution is 0.467. The fraction of sp³-hybridized carbons (Fsp3) is 0.250. The summed E-state index contributed by atoms with van der Waals surface area (Å²) in [5, 5.41) is 9.85. The molecule has 0 fully saturated rings. The Morgan fingerprint density at radius 3 is 2.50 bits per heavy atom. The summed E-state index contributed by atoms with van der Waals surface area (Å²) >= 11 is 6.62. The topological polar surface area (TPSA) is 79.3 Å². The van der Waals surface area contributed by atoms with E-state index in [1.54, 1.807) is 32.9 Å². The molecule has 108 valence electrons. The Balaban J connectivity index is 2.44. The predicted molar refractivity (Wildman–Crippen MR) is 80.3 cm³/mol. The van der Waals surface area contributed by atoms with Crippen molar-refractivity contribution < 1.29 is 13.5 Å². The van der Waals surface area contributed by atoms with Crippen molar-refractivity contribution in [2.24, 2.45) is 0 Å². The van der Waals surface area contributed by atoms with E-state index in [-0.39, 0.29) is 14.4 Å². The Bertz CT molecular complexity index is 769. The monoisotopic (exact) mass is 332 g/mol. The highest BCUT2D eigenvalue weighted by Crippen LogP contribution is 2.32. The highest BCUT2D eigenvalue weighted by molar-refractivity contribution is 7.94. The lowest BCUT2D eigenvalue weighted by Crippen LogP contribution is -2.13. The van der Waals surface area contributed by atoms with Gasteiger partial charge in [-0.05, 0) is 32.4 Å². The van der Waals surface area contributed by atoms with Crippen LogP contribution in [-0.2, 0) is 10.0 Å². The van der Waals surface area contributed by atoms with Gasteiger partial charge in [0.05, 0.1) is 11.4 Å². The zero-order chi connectivity index (χ0) is 15.1. The van der Waals surface area contributed by atoms with Crippen molar-refractivity contribution in [2.45, 2.75) is 25.0 Å². The van der Waals surface area contributed by atoms with E-state index in [0.717, 1.165) is 11.3 Å². The number of thiazole rings is 1. The van der Waals surface area contributed by atoms with Crippen LogP contribution < -0.4 is 4.72 Å². The third-order valence-corrected chi connectivity index (χ3v) is 6.09. The summed E-state index contributed by atoms with van der Waals surface area (Å²) in [5.41, 5.74) is 1.84. The van der Waals surface area contributed by atoms with Gasteiger partial charge in [0.1, 0.15) is 5.75 Å². The zero-order valence-electron chi connectivity index (χ0n) is 11.1. The maximum Gasteiger partial charge on any atom is 0.273 e. The number of hydrogen-bond donors (Lipinski definition) is 2. The third-order valence-electron chi connectivity index (χ3n) is 2.85. The number of aryl methyl sites for hydroxylation is 2. The van der Waals surface area contributed by atoms with Crippen molar-refractivity contribution in [3.63, 3.8) is 0 Å². The molecule has 5 nitrogen and oxygen atoms in total. The van der Waals surface area contributed by atoms with E-state index in [1.165, 1.54) is 0 Å². The van der Waals surface area contributed by atoms with E-state index in [9.17, 15) is 13.5 Å². The Kier molecular flexibility index (Phi) is 3.95. The maximum absolute atomic E-state index is 12.3. The summed E-state index contributed by atoms with van der Waals surface area (Å²) in [4.78, 5) is 3.89. The third kappa shape index (κ3) is 2.74. The number of aromatic hydroxyl groups is 1. The molecule has 0 saturated carbocycles. The number of nitrogens with zero attached hydrogens (tertiary/aromatic N) is 1. The van der Waals surface area contributed by atoms with Crippen molar-refractivity contribution in [2.75, 3.05) is 4.72 Å². The van der Waals surface area contributed by atoms with Crippen LogP contribution in [0.3, 0.4) is 0 Å². The molecule has 1 aromatic carbocycles. The standard InChI is InChI=1S/C12H13ClN2O3S2/c1-6-4-5-9(7(2)10(6)16)15-20(17,18)11-8(3)14-12(13)19-11/h4-5,15-16H,1-3H3. The number of nitrogens with one attached hydrogen (secondary N) is 1. The highest BCUT2D eigenvalue weighted by Gasteiger charge is 2.22. The average Bonchev–Trinajstić information content (AvgIpc) is 2.70. The summed E-state index contributed by atoms with van der Waals surface area (Å²) in [7, 11) is -3.76. The number of sulfonamides is 1. The molecule has 8 heteroatoms. The summed E-state index contributed by atoms with van der Waals surface area (Å²) in [5.74, 6) is 0.0734. The molecule has 1 aromatic heterocycles. The molecule has 0 radical (unpaired) electrons. The van der Waals surface area contributed by atoms with E-state index in [0.29, 0.717) is 22.5 Å². The van der Waals surface area contributed by atoms with Crippen molar-refractivity contribution in [3.8, 4) is 5.75 Å². The first-order chi connectivity index (χ1) is 9.22. The largest absolute Gasteiger partial charge is 0.507 e. The minimum Gasteiger partial charge on any atom is -0.507 e. The van der Waals surface area contributed by atoms with Crippen LogP contribution in [0.1, 0.15) is 16.8 Å². The second-order valence-electron chi connectivity index (χ2n) is 4.35. The second kappa shape index (κ2) is 5.23. The minimum atomic E-state index is -3.76. The number of halogens is 1. The maximum atomic E-state index is 12.3. The molecule has 2 N–H and O–H groups in total. The van der Waals surface area contributed by atoms with Gasteiger partial charge >= 0.3 is 0 Å². The number of hydrogen-bond acceptors (Lipinski definition) is 5. The van der Waals surface area contributed by atoms with Crippen LogP contribution in [0.25, 0.3) is 0 Å². The van der Waals surface area contributed by atoms with Gasteiger partial charge in [0.15, 0.2) is 8.68 Å². The number of phenols is 1. The second-order valence-corrected chi connectivity index (χ2v) is 7.81. The number of phenolic OH excluding ortho intramolecular Hbond substituents is 1. The SMILES string of the molecule is Cc1ccc(NS(=O)(=O)c2sc(Cl)nc2C)c(C)c1O. The predicted octanol–water partition coefficient (Wildman–Crippen LogP) is 3.23. The van der Waals surface area contributed by atoms with Gasteiger partial charge in [0.25, 0.3) is 10.0 Å². The van der Waals surface area contributed by atoms with Crippen molar-refractivity contribution >= 4 is 38.6 Å². The van der Waals surface area contributed by atoms with Crippen LogP contribution in [0.4, 0.5) is 5.69 Å². The lowest BCUT2D eigenvalue weighted by Gasteiger charge is -2.12. The Morgan fingerprint density at radius 2 is 1.95 bits per heavy atom. The molecule has 0 atom stereocenters.